The summed E-state index contributed by atoms with van der Waals surface area (Å²) in [6, 6.07) is 15.9. The van der Waals surface area contributed by atoms with E-state index < -0.39 is 29.9 Å². The number of benzene rings is 2. The molecule has 0 radical (unpaired) electrons. The van der Waals surface area contributed by atoms with Gasteiger partial charge in [-0.1, -0.05) is 61.9 Å². The van der Waals surface area contributed by atoms with Crippen LogP contribution in [0.3, 0.4) is 0 Å². The number of carboxylic acid groups (broad SMARTS) is 1. The smallest absolute Gasteiger partial charge is 0.407 e. The molecule has 0 aliphatic heterocycles. The van der Waals surface area contributed by atoms with Gasteiger partial charge in [0.25, 0.3) is 0 Å². The fourth-order valence-corrected chi connectivity index (χ4v) is 5.18. The first-order valence-electron chi connectivity index (χ1n) is 12.0. The number of amides is 2. The van der Waals surface area contributed by atoms with Crippen molar-refractivity contribution in [3.05, 3.63) is 59.7 Å². The number of aliphatic carboxylic acids is 1. The standard InChI is InChI=1S/C27H32N2O5/c1-16(25(30)28-14-18-8-7-13-19(18)26(31)32)17(2)29-27(33)34-15-24-22-11-5-3-9-20(22)21-10-4-6-12-23(21)24/h3-6,9-12,16-19,24H,7-8,13-15H2,1-2H3,(H,28,30)(H,29,33)(H,31,32). The van der Waals surface area contributed by atoms with E-state index in [4.69, 9.17) is 4.74 Å². The number of carbonyl (C=O) groups excluding carboxylic acids is 2. The molecule has 4 atom stereocenters. The molecule has 4 unspecified atom stereocenters. The molecule has 0 spiro atoms. The van der Waals surface area contributed by atoms with Crippen molar-refractivity contribution < 1.29 is 24.2 Å². The van der Waals surface area contributed by atoms with E-state index in [2.05, 4.69) is 34.9 Å². The first-order chi connectivity index (χ1) is 16.4. The van der Waals surface area contributed by atoms with E-state index >= 15 is 0 Å². The lowest BCUT2D eigenvalue weighted by Gasteiger charge is -2.23. The van der Waals surface area contributed by atoms with Crippen molar-refractivity contribution in [2.45, 2.75) is 45.1 Å². The average Bonchev–Trinajstić information content (AvgIpc) is 3.43. The average molecular weight is 465 g/mol. The minimum absolute atomic E-state index is 0.0252. The van der Waals surface area contributed by atoms with Crippen LogP contribution in [0.5, 0.6) is 0 Å². The van der Waals surface area contributed by atoms with Crippen LogP contribution < -0.4 is 10.6 Å². The molecular formula is C27H32N2O5. The van der Waals surface area contributed by atoms with Crippen molar-refractivity contribution in [2.24, 2.45) is 17.8 Å². The normalized spacial score (nSPS) is 20.6. The van der Waals surface area contributed by atoms with Crippen LogP contribution in [0.2, 0.25) is 0 Å². The minimum Gasteiger partial charge on any atom is -0.481 e. The van der Waals surface area contributed by atoms with Crippen LogP contribution in [-0.4, -0.2) is 42.3 Å². The largest absolute Gasteiger partial charge is 0.481 e. The highest BCUT2D eigenvalue weighted by molar-refractivity contribution is 5.81. The van der Waals surface area contributed by atoms with Crippen molar-refractivity contribution in [3.63, 3.8) is 0 Å². The van der Waals surface area contributed by atoms with Crippen molar-refractivity contribution in [1.82, 2.24) is 10.6 Å². The van der Waals surface area contributed by atoms with E-state index in [0.29, 0.717) is 13.0 Å². The highest BCUT2D eigenvalue weighted by Gasteiger charge is 2.34. The Balaban J connectivity index is 1.28. The lowest BCUT2D eigenvalue weighted by Crippen LogP contribution is -2.45. The second-order valence-corrected chi connectivity index (χ2v) is 9.43. The summed E-state index contributed by atoms with van der Waals surface area (Å²) < 4.78 is 5.57. The maximum absolute atomic E-state index is 12.6. The van der Waals surface area contributed by atoms with Crippen LogP contribution in [0.4, 0.5) is 4.79 Å². The molecule has 2 aromatic rings. The van der Waals surface area contributed by atoms with Gasteiger partial charge in [-0.2, -0.15) is 0 Å². The second kappa shape index (κ2) is 10.3. The van der Waals surface area contributed by atoms with Gasteiger partial charge in [0.15, 0.2) is 0 Å². The van der Waals surface area contributed by atoms with Gasteiger partial charge in [-0.15, -0.1) is 0 Å². The van der Waals surface area contributed by atoms with Crippen LogP contribution >= 0.6 is 0 Å². The number of nitrogens with one attached hydrogen (secondary N) is 2. The maximum atomic E-state index is 12.6. The Morgan fingerprint density at radius 2 is 1.62 bits per heavy atom. The molecule has 3 N–H and O–H groups in total. The summed E-state index contributed by atoms with van der Waals surface area (Å²) in [6.45, 7) is 4.07. The number of fused-ring (bicyclic) bond motifs is 3. The minimum atomic E-state index is -0.796. The molecule has 0 saturated heterocycles. The molecule has 0 heterocycles. The van der Waals surface area contributed by atoms with Crippen molar-refractivity contribution >= 4 is 18.0 Å². The Bertz CT molecular complexity index is 1020. The fourth-order valence-electron chi connectivity index (χ4n) is 5.18. The van der Waals surface area contributed by atoms with E-state index in [0.717, 1.165) is 35.1 Å². The number of rotatable bonds is 8. The Morgan fingerprint density at radius 3 is 2.24 bits per heavy atom. The number of hydrogen-bond acceptors (Lipinski definition) is 4. The van der Waals surface area contributed by atoms with Crippen molar-refractivity contribution in [1.29, 1.82) is 0 Å². The predicted molar refractivity (Wildman–Crippen MR) is 128 cm³/mol. The Morgan fingerprint density at radius 1 is 1.00 bits per heavy atom. The van der Waals surface area contributed by atoms with Crippen LogP contribution in [0, 0.1) is 17.8 Å². The van der Waals surface area contributed by atoms with Gasteiger partial charge in [0.05, 0.1) is 11.8 Å². The van der Waals surface area contributed by atoms with Crippen molar-refractivity contribution in [3.8, 4) is 11.1 Å². The molecule has 180 valence electrons. The van der Waals surface area contributed by atoms with Crippen LogP contribution in [0.15, 0.2) is 48.5 Å². The predicted octanol–water partition coefficient (Wildman–Crippen LogP) is 4.17. The zero-order valence-corrected chi connectivity index (χ0v) is 19.6. The number of carboxylic acids is 1. The number of ether oxygens (including phenoxy) is 1. The number of hydrogen-bond donors (Lipinski definition) is 3. The summed E-state index contributed by atoms with van der Waals surface area (Å²) in [5.74, 6) is -1.95. The van der Waals surface area contributed by atoms with E-state index in [1.54, 1.807) is 13.8 Å². The van der Waals surface area contributed by atoms with Crippen LogP contribution in [0.1, 0.15) is 50.2 Å². The van der Waals surface area contributed by atoms with E-state index in [9.17, 15) is 19.5 Å². The third-order valence-corrected chi connectivity index (χ3v) is 7.37. The van der Waals surface area contributed by atoms with E-state index in [-0.39, 0.29) is 24.3 Å². The van der Waals surface area contributed by atoms with Gasteiger partial charge in [-0.25, -0.2) is 4.79 Å². The molecule has 2 aliphatic rings. The van der Waals surface area contributed by atoms with Gasteiger partial charge < -0.3 is 20.5 Å². The highest BCUT2D eigenvalue weighted by atomic mass is 16.5. The summed E-state index contributed by atoms with van der Waals surface area (Å²) in [5, 5.41) is 14.9. The maximum Gasteiger partial charge on any atom is 0.407 e. The lowest BCUT2D eigenvalue weighted by molar-refractivity contribution is -0.143. The first-order valence-corrected chi connectivity index (χ1v) is 12.0. The third-order valence-electron chi connectivity index (χ3n) is 7.37. The van der Waals surface area contributed by atoms with Crippen LogP contribution in [-0.2, 0) is 14.3 Å². The van der Waals surface area contributed by atoms with Gasteiger partial charge in [0.1, 0.15) is 6.61 Å². The molecule has 34 heavy (non-hydrogen) atoms. The van der Waals surface area contributed by atoms with Crippen molar-refractivity contribution in [2.75, 3.05) is 13.2 Å². The Hall–Kier alpha value is -3.35. The van der Waals surface area contributed by atoms with Gasteiger partial charge >= 0.3 is 12.1 Å². The molecule has 4 rings (SSSR count). The Labute approximate surface area is 199 Å². The van der Waals surface area contributed by atoms with E-state index in [1.165, 1.54) is 0 Å². The molecule has 7 nitrogen and oxygen atoms in total. The fraction of sp³-hybridized carbons (Fsp3) is 0.444. The molecule has 0 aromatic heterocycles. The topological polar surface area (TPSA) is 105 Å². The van der Waals surface area contributed by atoms with Gasteiger partial charge in [0, 0.05) is 18.5 Å². The number of carbonyl (C=O) groups is 3. The quantitative estimate of drug-likeness (QED) is 0.544. The van der Waals surface area contributed by atoms with E-state index in [1.807, 2.05) is 24.3 Å². The van der Waals surface area contributed by atoms with Gasteiger partial charge in [-0.05, 0) is 47.9 Å². The SMILES string of the molecule is CC(NC(=O)OCC1c2ccccc2-c2ccccc21)C(C)C(=O)NCC1CCCC1C(=O)O. The van der Waals surface area contributed by atoms with Crippen LogP contribution in [0.25, 0.3) is 11.1 Å². The zero-order chi connectivity index (χ0) is 24.2. The summed E-state index contributed by atoms with van der Waals surface area (Å²) in [5.41, 5.74) is 4.61. The lowest BCUT2D eigenvalue weighted by atomic mass is 9.95. The molecule has 2 aromatic carbocycles. The molecule has 2 aliphatic carbocycles. The molecular weight excluding hydrogens is 432 g/mol. The number of alkyl carbamates (subject to hydrolysis) is 1. The van der Waals surface area contributed by atoms with Gasteiger partial charge in [-0.3, -0.25) is 9.59 Å². The first kappa shape index (κ1) is 23.8. The summed E-state index contributed by atoms with van der Waals surface area (Å²) in [4.78, 5) is 36.4. The second-order valence-electron chi connectivity index (χ2n) is 9.43. The summed E-state index contributed by atoms with van der Waals surface area (Å²) in [6.07, 6.45) is 1.77. The monoisotopic (exact) mass is 464 g/mol. The molecule has 2 amide bonds. The highest BCUT2D eigenvalue weighted by Crippen LogP contribution is 2.44. The molecule has 1 saturated carbocycles. The zero-order valence-electron chi connectivity index (χ0n) is 19.6. The molecule has 1 fully saturated rings. The molecule has 7 heteroatoms. The van der Waals surface area contributed by atoms with Gasteiger partial charge in [0.2, 0.25) is 5.91 Å². The summed E-state index contributed by atoms with van der Waals surface area (Å²) in [7, 11) is 0. The Kier molecular flexibility index (Phi) is 7.20. The summed E-state index contributed by atoms with van der Waals surface area (Å²) >= 11 is 0. The molecule has 0 bridgehead atoms. The third kappa shape index (κ3) is 4.93.